The fourth-order valence-corrected chi connectivity index (χ4v) is 1.96. The first-order valence-corrected chi connectivity index (χ1v) is 6.32. The molecule has 0 aromatic heterocycles. The van der Waals surface area contributed by atoms with Gasteiger partial charge in [0.1, 0.15) is 12.7 Å². The van der Waals surface area contributed by atoms with Crippen LogP contribution in [0.3, 0.4) is 0 Å². The van der Waals surface area contributed by atoms with Crippen molar-refractivity contribution in [3.63, 3.8) is 0 Å². The molecule has 0 spiro atoms. The van der Waals surface area contributed by atoms with Gasteiger partial charge in [-0.2, -0.15) is 0 Å². The van der Waals surface area contributed by atoms with Crippen molar-refractivity contribution in [3.8, 4) is 0 Å². The van der Waals surface area contributed by atoms with Gasteiger partial charge in [0.2, 0.25) is 0 Å². The minimum atomic E-state index is -0.693. The van der Waals surface area contributed by atoms with Gasteiger partial charge in [-0.15, -0.1) is 0 Å². The van der Waals surface area contributed by atoms with Gasteiger partial charge < -0.3 is 19.9 Å². The maximum atomic E-state index is 11.7. The Kier molecular flexibility index (Phi) is 4.39. The molecule has 0 radical (unpaired) electrons. The van der Waals surface area contributed by atoms with E-state index < -0.39 is 17.7 Å². The molecule has 0 heterocycles. The summed E-state index contributed by atoms with van der Waals surface area (Å²) >= 11 is 0. The molecule has 1 saturated carbocycles. The van der Waals surface area contributed by atoms with E-state index in [9.17, 15) is 9.90 Å². The molecular formula is C14H19NO4. The average molecular weight is 265 g/mol. The molecule has 5 nitrogen and oxygen atoms in total. The Balaban J connectivity index is 1.78. The van der Waals surface area contributed by atoms with Crippen molar-refractivity contribution in [2.75, 3.05) is 13.7 Å². The monoisotopic (exact) mass is 265 g/mol. The summed E-state index contributed by atoms with van der Waals surface area (Å²) in [5.41, 5.74) is 0.365. The van der Waals surface area contributed by atoms with Crippen molar-refractivity contribution in [2.45, 2.75) is 31.1 Å². The molecule has 2 rings (SSSR count). The Labute approximate surface area is 112 Å². The number of benzene rings is 1. The van der Waals surface area contributed by atoms with E-state index in [0.29, 0.717) is 0 Å². The number of carbonyl (C=O) groups excluding carboxylic acids is 1. The van der Waals surface area contributed by atoms with Crippen LogP contribution in [0.25, 0.3) is 0 Å². The van der Waals surface area contributed by atoms with Gasteiger partial charge in [-0.05, 0) is 18.4 Å². The molecule has 1 atom stereocenters. The highest BCUT2D eigenvalue weighted by molar-refractivity contribution is 5.69. The number of alkyl carbamates (subject to hydrolysis) is 1. The Morgan fingerprint density at radius 2 is 2.11 bits per heavy atom. The zero-order chi connectivity index (χ0) is 13.7. The summed E-state index contributed by atoms with van der Waals surface area (Å²) in [7, 11) is 1.52. The minimum absolute atomic E-state index is 0.207. The molecule has 2 N–H and O–H groups in total. The zero-order valence-electron chi connectivity index (χ0n) is 11.0. The first-order valence-electron chi connectivity index (χ1n) is 6.32. The van der Waals surface area contributed by atoms with Crippen LogP contribution < -0.4 is 5.32 Å². The number of amides is 1. The van der Waals surface area contributed by atoms with Crippen LogP contribution in [-0.2, 0) is 16.1 Å². The van der Waals surface area contributed by atoms with E-state index in [1.54, 1.807) is 0 Å². The number of rotatable bonds is 6. The van der Waals surface area contributed by atoms with Gasteiger partial charge in [-0.25, -0.2) is 4.79 Å². The maximum absolute atomic E-state index is 11.7. The molecule has 1 aromatic rings. The van der Waals surface area contributed by atoms with Crippen LogP contribution in [0.1, 0.15) is 18.4 Å². The lowest BCUT2D eigenvalue weighted by Crippen LogP contribution is -2.47. The highest BCUT2D eigenvalue weighted by Crippen LogP contribution is 2.38. The van der Waals surface area contributed by atoms with Crippen LogP contribution in [0.4, 0.5) is 4.79 Å². The third-order valence-corrected chi connectivity index (χ3v) is 3.31. The van der Waals surface area contributed by atoms with E-state index >= 15 is 0 Å². The summed E-state index contributed by atoms with van der Waals surface area (Å²) in [5, 5.41) is 12.6. The van der Waals surface area contributed by atoms with Gasteiger partial charge in [0.15, 0.2) is 0 Å². The predicted octanol–water partition coefficient (Wildman–Crippen LogP) is 1.45. The van der Waals surface area contributed by atoms with Gasteiger partial charge in [0.25, 0.3) is 0 Å². The SMILES string of the molecule is COCC(O)C1(NC(=O)OCc2ccccc2)CC1. The molecular weight excluding hydrogens is 246 g/mol. The lowest BCUT2D eigenvalue weighted by Gasteiger charge is -2.22. The number of aliphatic hydroxyl groups is 1. The van der Waals surface area contributed by atoms with E-state index in [4.69, 9.17) is 9.47 Å². The van der Waals surface area contributed by atoms with E-state index in [1.165, 1.54) is 7.11 Å². The van der Waals surface area contributed by atoms with Crippen molar-refractivity contribution in [2.24, 2.45) is 0 Å². The minimum Gasteiger partial charge on any atom is -0.445 e. The number of aliphatic hydroxyl groups excluding tert-OH is 1. The maximum Gasteiger partial charge on any atom is 0.407 e. The second-order valence-electron chi connectivity index (χ2n) is 4.81. The Hall–Kier alpha value is -1.59. The van der Waals surface area contributed by atoms with E-state index in [-0.39, 0.29) is 13.2 Å². The van der Waals surface area contributed by atoms with Crippen molar-refractivity contribution in [1.29, 1.82) is 0 Å². The van der Waals surface area contributed by atoms with Crippen LogP contribution in [0.2, 0.25) is 0 Å². The summed E-state index contributed by atoms with van der Waals surface area (Å²) in [5.74, 6) is 0. The number of hydrogen-bond donors (Lipinski definition) is 2. The lowest BCUT2D eigenvalue weighted by atomic mass is 10.1. The standard InChI is InChI=1S/C14H19NO4/c1-18-10-12(16)14(7-8-14)15-13(17)19-9-11-5-3-2-4-6-11/h2-6,12,16H,7-10H2,1H3,(H,15,17). The normalized spacial score (nSPS) is 17.6. The second-order valence-corrected chi connectivity index (χ2v) is 4.81. The highest BCUT2D eigenvalue weighted by Gasteiger charge is 2.50. The number of hydrogen-bond acceptors (Lipinski definition) is 4. The lowest BCUT2D eigenvalue weighted by molar-refractivity contribution is 0.0287. The molecule has 1 aliphatic rings. The largest absolute Gasteiger partial charge is 0.445 e. The fraction of sp³-hybridized carbons (Fsp3) is 0.500. The first-order chi connectivity index (χ1) is 9.16. The van der Waals surface area contributed by atoms with Gasteiger partial charge in [0, 0.05) is 7.11 Å². The van der Waals surface area contributed by atoms with Crippen molar-refractivity contribution >= 4 is 6.09 Å². The smallest absolute Gasteiger partial charge is 0.407 e. The third kappa shape index (κ3) is 3.68. The molecule has 0 aliphatic heterocycles. The quantitative estimate of drug-likeness (QED) is 0.817. The number of methoxy groups -OCH3 is 1. The van der Waals surface area contributed by atoms with Crippen molar-refractivity contribution in [3.05, 3.63) is 35.9 Å². The van der Waals surface area contributed by atoms with Crippen LogP contribution in [0, 0.1) is 0 Å². The molecule has 1 fully saturated rings. The summed E-state index contributed by atoms with van der Waals surface area (Å²) in [4.78, 5) is 11.7. The van der Waals surface area contributed by atoms with E-state index in [0.717, 1.165) is 18.4 Å². The average Bonchev–Trinajstić information content (AvgIpc) is 3.19. The molecule has 0 bridgehead atoms. The topological polar surface area (TPSA) is 67.8 Å². The molecule has 1 aromatic carbocycles. The second kappa shape index (κ2) is 6.04. The first kappa shape index (κ1) is 13.8. The number of ether oxygens (including phenoxy) is 2. The van der Waals surface area contributed by atoms with Gasteiger partial charge in [-0.1, -0.05) is 30.3 Å². The van der Waals surface area contributed by atoms with Gasteiger partial charge >= 0.3 is 6.09 Å². The van der Waals surface area contributed by atoms with Gasteiger partial charge in [-0.3, -0.25) is 0 Å². The van der Waals surface area contributed by atoms with Crippen molar-refractivity contribution < 1.29 is 19.4 Å². The summed E-state index contributed by atoms with van der Waals surface area (Å²) in [6.07, 6.45) is 0.300. The van der Waals surface area contributed by atoms with Crippen LogP contribution in [-0.4, -0.2) is 36.6 Å². The molecule has 0 saturated heterocycles. The molecule has 1 aliphatic carbocycles. The molecule has 19 heavy (non-hydrogen) atoms. The zero-order valence-corrected chi connectivity index (χ0v) is 11.0. The molecule has 104 valence electrons. The summed E-state index contributed by atoms with van der Waals surface area (Å²) in [6, 6.07) is 9.46. The molecule has 1 amide bonds. The summed E-state index contributed by atoms with van der Waals surface area (Å²) in [6.45, 7) is 0.433. The van der Waals surface area contributed by atoms with E-state index in [1.807, 2.05) is 30.3 Å². The molecule has 1 unspecified atom stereocenters. The molecule has 5 heteroatoms. The number of nitrogens with one attached hydrogen (secondary N) is 1. The van der Waals surface area contributed by atoms with Gasteiger partial charge in [0.05, 0.1) is 12.1 Å². The van der Waals surface area contributed by atoms with Crippen LogP contribution in [0.5, 0.6) is 0 Å². The predicted molar refractivity (Wildman–Crippen MR) is 69.6 cm³/mol. The number of carbonyl (C=O) groups is 1. The Bertz CT molecular complexity index is 417. The van der Waals surface area contributed by atoms with E-state index in [2.05, 4.69) is 5.32 Å². The Morgan fingerprint density at radius 3 is 2.68 bits per heavy atom. The fourth-order valence-electron chi connectivity index (χ4n) is 1.96. The van der Waals surface area contributed by atoms with Crippen molar-refractivity contribution in [1.82, 2.24) is 5.32 Å². The highest BCUT2D eigenvalue weighted by atomic mass is 16.5. The van der Waals surface area contributed by atoms with Crippen LogP contribution >= 0.6 is 0 Å². The Morgan fingerprint density at radius 1 is 1.42 bits per heavy atom. The third-order valence-electron chi connectivity index (χ3n) is 3.31. The van der Waals surface area contributed by atoms with Crippen LogP contribution in [0.15, 0.2) is 30.3 Å². The summed E-state index contributed by atoms with van der Waals surface area (Å²) < 4.78 is 10.0.